The Morgan fingerprint density at radius 2 is 2.17 bits per heavy atom. The number of amides is 1. The molecule has 0 heterocycles. The molecule has 0 aromatic carbocycles. The van der Waals surface area contributed by atoms with Gasteiger partial charge in [0.05, 0.1) is 12.0 Å². The Kier molecular flexibility index (Phi) is 5.03. The molecule has 70 valence electrons. The molecule has 0 aliphatic heterocycles. The quantitative estimate of drug-likeness (QED) is 0.473. The van der Waals surface area contributed by atoms with Crippen molar-refractivity contribution >= 4 is 11.9 Å². The molecule has 0 spiro atoms. The Morgan fingerprint density at radius 3 is 2.50 bits per heavy atom. The van der Waals surface area contributed by atoms with Crippen LogP contribution in [0.4, 0.5) is 0 Å². The first-order valence-corrected chi connectivity index (χ1v) is 3.91. The number of aliphatic carboxylic acids is 1. The number of carbonyl (C=O) groups is 2. The molecular formula is C7H14N2O3. The van der Waals surface area contributed by atoms with Gasteiger partial charge in [-0.15, -0.1) is 0 Å². The third-order valence-corrected chi connectivity index (χ3v) is 1.42. The Bertz CT molecular complexity index is 168. The van der Waals surface area contributed by atoms with Gasteiger partial charge in [-0.25, -0.2) is 0 Å². The number of rotatable bonds is 5. The SMILES string of the molecule is CCC[C@H](NC(=O)C[NH3+])C(=O)[O-]. The summed E-state index contributed by atoms with van der Waals surface area (Å²) < 4.78 is 0. The first-order chi connectivity index (χ1) is 5.61. The van der Waals surface area contributed by atoms with Gasteiger partial charge < -0.3 is 21.0 Å². The number of carboxylic acid groups (broad SMARTS) is 1. The van der Waals surface area contributed by atoms with Crippen LogP contribution < -0.4 is 16.2 Å². The fraction of sp³-hybridized carbons (Fsp3) is 0.714. The fourth-order valence-electron chi connectivity index (χ4n) is 0.804. The van der Waals surface area contributed by atoms with Gasteiger partial charge in [0.15, 0.2) is 6.54 Å². The van der Waals surface area contributed by atoms with E-state index in [4.69, 9.17) is 0 Å². The summed E-state index contributed by atoms with van der Waals surface area (Å²) in [7, 11) is 0. The van der Waals surface area contributed by atoms with Crippen molar-refractivity contribution in [1.82, 2.24) is 5.32 Å². The van der Waals surface area contributed by atoms with Gasteiger partial charge in [0, 0.05) is 0 Å². The molecule has 0 rings (SSSR count). The second-order valence-corrected chi connectivity index (χ2v) is 2.48. The third-order valence-electron chi connectivity index (χ3n) is 1.42. The molecule has 0 aromatic heterocycles. The van der Waals surface area contributed by atoms with E-state index >= 15 is 0 Å². The molecule has 0 saturated carbocycles. The molecule has 12 heavy (non-hydrogen) atoms. The highest BCUT2D eigenvalue weighted by Crippen LogP contribution is 1.94. The van der Waals surface area contributed by atoms with Crippen LogP contribution in [0.3, 0.4) is 0 Å². The first-order valence-electron chi connectivity index (χ1n) is 3.91. The predicted molar refractivity (Wildman–Crippen MR) is 39.6 cm³/mol. The van der Waals surface area contributed by atoms with E-state index in [1.54, 1.807) is 0 Å². The van der Waals surface area contributed by atoms with E-state index in [1.807, 2.05) is 6.92 Å². The second kappa shape index (κ2) is 5.54. The Hall–Kier alpha value is -1.10. The maximum Gasteiger partial charge on any atom is 0.275 e. The van der Waals surface area contributed by atoms with Gasteiger partial charge >= 0.3 is 0 Å². The van der Waals surface area contributed by atoms with Crippen molar-refractivity contribution in [3.63, 3.8) is 0 Å². The topological polar surface area (TPSA) is 96.9 Å². The molecule has 0 fully saturated rings. The number of quaternary nitrogens is 1. The highest BCUT2D eigenvalue weighted by molar-refractivity contribution is 5.82. The summed E-state index contributed by atoms with van der Waals surface area (Å²) in [5.41, 5.74) is 3.33. The zero-order valence-corrected chi connectivity index (χ0v) is 7.13. The van der Waals surface area contributed by atoms with Gasteiger partial charge in [-0.1, -0.05) is 13.3 Å². The number of carbonyl (C=O) groups excluding carboxylic acids is 2. The average molecular weight is 174 g/mol. The van der Waals surface area contributed by atoms with Crippen LogP contribution in [0.5, 0.6) is 0 Å². The van der Waals surface area contributed by atoms with Crippen molar-refractivity contribution in [1.29, 1.82) is 0 Å². The lowest BCUT2D eigenvalue weighted by molar-refractivity contribution is -0.355. The third kappa shape index (κ3) is 3.92. The number of hydrogen-bond acceptors (Lipinski definition) is 3. The van der Waals surface area contributed by atoms with E-state index in [1.165, 1.54) is 0 Å². The minimum atomic E-state index is -1.24. The lowest BCUT2D eigenvalue weighted by atomic mass is 10.2. The molecular weight excluding hydrogens is 160 g/mol. The van der Waals surface area contributed by atoms with Crippen LogP contribution in [0.2, 0.25) is 0 Å². The predicted octanol–water partition coefficient (Wildman–Crippen LogP) is -2.74. The maximum absolute atomic E-state index is 10.7. The van der Waals surface area contributed by atoms with Crippen molar-refractivity contribution in [3.05, 3.63) is 0 Å². The summed E-state index contributed by atoms with van der Waals surface area (Å²) in [5, 5.41) is 12.7. The number of carboxylic acids is 1. The summed E-state index contributed by atoms with van der Waals surface area (Å²) in [4.78, 5) is 21.1. The molecule has 1 amide bonds. The molecule has 4 N–H and O–H groups in total. The zero-order chi connectivity index (χ0) is 9.56. The summed E-state index contributed by atoms with van der Waals surface area (Å²) in [6.45, 7) is 1.89. The van der Waals surface area contributed by atoms with Gasteiger partial charge in [0.1, 0.15) is 0 Å². The van der Waals surface area contributed by atoms with Crippen LogP contribution in [-0.2, 0) is 9.59 Å². The summed E-state index contributed by atoms with van der Waals surface area (Å²) in [6, 6.07) is -0.871. The minimum Gasteiger partial charge on any atom is -0.548 e. The van der Waals surface area contributed by atoms with Crippen LogP contribution in [0.25, 0.3) is 0 Å². The fourth-order valence-corrected chi connectivity index (χ4v) is 0.804. The second-order valence-electron chi connectivity index (χ2n) is 2.48. The van der Waals surface area contributed by atoms with E-state index in [0.29, 0.717) is 12.8 Å². The molecule has 0 saturated heterocycles. The molecule has 0 aliphatic carbocycles. The van der Waals surface area contributed by atoms with Crippen LogP contribution in [0.1, 0.15) is 19.8 Å². The summed E-state index contributed by atoms with van der Waals surface area (Å²) in [6.07, 6.45) is 1.09. The van der Waals surface area contributed by atoms with Crippen LogP contribution in [0.15, 0.2) is 0 Å². The van der Waals surface area contributed by atoms with Crippen LogP contribution in [-0.4, -0.2) is 24.5 Å². The monoisotopic (exact) mass is 174 g/mol. The number of hydrogen-bond donors (Lipinski definition) is 2. The minimum absolute atomic E-state index is 0.0491. The van der Waals surface area contributed by atoms with Crippen molar-refractivity contribution < 1.29 is 20.4 Å². The van der Waals surface area contributed by atoms with Crippen LogP contribution in [0, 0.1) is 0 Å². The molecule has 5 nitrogen and oxygen atoms in total. The van der Waals surface area contributed by atoms with E-state index < -0.39 is 12.0 Å². The zero-order valence-electron chi connectivity index (χ0n) is 7.13. The standard InChI is InChI=1S/C7H14N2O3/c1-2-3-5(7(11)12)9-6(10)4-8/h5H,2-4,8H2,1H3,(H,9,10)(H,11,12)/t5-/m0/s1. The highest BCUT2D eigenvalue weighted by Gasteiger charge is 2.11. The largest absolute Gasteiger partial charge is 0.548 e. The van der Waals surface area contributed by atoms with Gasteiger partial charge in [-0.05, 0) is 6.42 Å². The van der Waals surface area contributed by atoms with Gasteiger partial charge in [0.2, 0.25) is 0 Å². The Balaban J connectivity index is 3.95. The molecule has 0 unspecified atom stereocenters. The summed E-state index contributed by atoms with van der Waals surface area (Å²) >= 11 is 0. The van der Waals surface area contributed by atoms with E-state index in [2.05, 4.69) is 11.1 Å². The molecule has 0 radical (unpaired) electrons. The van der Waals surface area contributed by atoms with E-state index in [-0.39, 0.29) is 12.5 Å². The van der Waals surface area contributed by atoms with Gasteiger partial charge in [-0.3, -0.25) is 4.79 Å². The molecule has 0 aromatic rings. The lowest BCUT2D eigenvalue weighted by Crippen LogP contribution is -2.60. The summed E-state index contributed by atoms with van der Waals surface area (Å²) in [5.74, 6) is -1.60. The number of nitrogens with one attached hydrogen (secondary N) is 1. The normalized spacial score (nSPS) is 12.2. The van der Waals surface area contributed by atoms with Gasteiger partial charge in [0.25, 0.3) is 5.91 Å². The Morgan fingerprint density at radius 1 is 1.58 bits per heavy atom. The molecule has 0 bridgehead atoms. The highest BCUT2D eigenvalue weighted by atomic mass is 16.4. The van der Waals surface area contributed by atoms with Crippen molar-refractivity contribution in [2.75, 3.05) is 6.54 Å². The molecule has 1 atom stereocenters. The van der Waals surface area contributed by atoms with Crippen molar-refractivity contribution in [2.24, 2.45) is 0 Å². The first kappa shape index (κ1) is 10.9. The average Bonchev–Trinajstić information content (AvgIpc) is 2.03. The van der Waals surface area contributed by atoms with Crippen molar-refractivity contribution in [3.8, 4) is 0 Å². The molecule has 0 aliphatic rings. The van der Waals surface area contributed by atoms with E-state index in [0.717, 1.165) is 0 Å². The van der Waals surface area contributed by atoms with Crippen LogP contribution >= 0.6 is 0 Å². The molecule has 5 heteroatoms. The van der Waals surface area contributed by atoms with Gasteiger partial charge in [-0.2, -0.15) is 0 Å². The van der Waals surface area contributed by atoms with Crippen molar-refractivity contribution in [2.45, 2.75) is 25.8 Å². The lowest BCUT2D eigenvalue weighted by Gasteiger charge is -2.17. The van der Waals surface area contributed by atoms with E-state index in [9.17, 15) is 14.7 Å². The smallest absolute Gasteiger partial charge is 0.275 e. The Labute approximate surface area is 70.9 Å². The maximum atomic E-state index is 10.7.